The van der Waals surface area contributed by atoms with Crippen molar-refractivity contribution in [3.8, 4) is 0 Å². The van der Waals surface area contributed by atoms with E-state index in [2.05, 4.69) is 40.6 Å². The van der Waals surface area contributed by atoms with Crippen LogP contribution in [0.2, 0.25) is 0 Å². The predicted octanol–water partition coefficient (Wildman–Crippen LogP) is 3.71. The number of nitrogens with zero attached hydrogens (tertiary/aromatic N) is 1. The number of hydrogen-bond acceptors (Lipinski definition) is 2. The molecule has 0 unspecified atom stereocenters. The lowest BCUT2D eigenvalue weighted by atomic mass is 9.60. The van der Waals surface area contributed by atoms with Crippen molar-refractivity contribution >= 4 is 5.91 Å². The molecule has 3 heteroatoms. The quantitative estimate of drug-likeness (QED) is 0.912. The molecule has 0 aliphatic heterocycles. The van der Waals surface area contributed by atoms with Crippen molar-refractivity contribution < 1.29 is 4.79 Å². The highest BCUT2D eigenvalue weighted by atomic mass is 16.1. The molecule has 0 bridgehead atoms. The third-order valence-electron chi connectivity index (χ3n) is 5.81. The molecule has 1 heterocycles. The van der Waals surface area contributed by atoms with E-state index >= 15 is 0 Å². The van der Waals surface area contributed by atoms with Crippen molar-refractivity contribution in [2.24, 2.45) is 11.8 Å². The number of amides is 1. The first-order valence-electron chi connectivity index (χ1n) is 9.06. The number of hydrogen-bond donors (Lipinski definition) is 1. The summed E-state index contributed by atoms with van der Waals surface area (Å²) < 4.78 is 0. The van der Waals surface area contributed by atoms with E-state index in [1.807, 2.05) is 18.3 Å². The van der Waals surface area contributed by atoms with E-state index in [1.54, 1.807) is 6.20 Å². The summed E-state index contributed by atoms with van der Waals surface area (Å²) in [5.74, 6) is 2.12. The average Bonchev–Trinajstić information content (AvgIpc) is 3.04. The van der Waals surface area contributed by atoms with Crippen LogP contribution in [0.4, 0.5) is 0 Å². The van der Waals surface area contributed by atoms with E-state index in [1.165, 1.54) is 24.8 Å². The molecule has 0 radical (unpaired) electrons. The van der Waals surface area contributed by atoms with E-state index in [4.69, 9.17) is 0 Å². The Hall–Kier alpha value is -2.16. The van der Waals surface area contributed by atoms with Crippen LogP contribution in [0, 0.1) is 11.8 Å². The normalized spacial score (nSPS) is 28.0. The maximum Gasteiger partial charge on any atom is 0.220 e. The first-order chi connectivity index (χ1) is 11.8. The number of aryl methyl sites for hydroxylation is 1. The van der Waals surface area contributed by atoms with Crippen molar-refractivity contribution in [3.05, 3.63) is 66.0 Å². The lowest BCUT2D eigenvalue weighted by Gasteiger charge is -2.49. The molecule has 124 valence electrons. The van der Waals surface area contributed by atoms with Crippen molar-refractivity contribution in [2.75, 3.05) is 0 Å². The summed E-state index contributed by atoms with van der Waals surface area (Å²) in [5.41, 5.74) is 2.51. The van der Waals surface area contributed by atoms with E-state index in [9.17, 15) is 4.79 Å². The number of rotatable bonds is 5. The Labute approximate surface area is 143 Å². The van der Waals surface area contributed by atoms with Gasteiger partial charge in [-0.15, -0.1) is 0 Å². The number of benzene rings is 1. The Kier molecular flexibility index (Phi) is 4.33. The van der Waals surface area contributed by atoms with Crippen LogP contribution in [0.3, 0.4) is 0 Å². The number of carbonyl (C=O) groups is 1. The number of carbonyl (C=O) groups excluding carboxylic acids is 1. The largest absolute Gasteiger partial charge is 0.352 e. The van der Waals surface area contributed by atoms with Crippen LogP contribution >= 0.6 is 0 Å². The Bertz CT molecular complexity index is 685. The highest BCUT2D eigenvalue weighted by Crippen LogP contribution is 2.55. The molecule has 2 aliphatic rings. The van der Waals surface area contributed by atoms with Crippen molar-refractivity contribution in [1.29, 1.82) is 0 Å². The molecule has 2 saturated carbocycles. The second kappa shape index (κ2) is 6.76. The summed E-state index contributed by atoms with van der Waals surface area (Å²) in [6.07, 6.45) is 8.80. The lowest BCUT2D eigenvalue weighted by Crippen LogP contribution is -2.56. The zero-order chi connectivity index (χ0) is 16.4. The number of nitrogens with one attached hydrogen (secondary N) is 1. The zero-order valence-corrected chi connectivity index (χ0v) is 13.9. The SMILES string of the molecule is O=C(CCc1cccnc1)N[C@@H]1[C@@H]2CCC[C@@H]2[C@H]1c1ccccc1. The third-order valence-corrected chi connectivity index (χ3v) is 5.81. The Morgan fingerprint density at radius 2 is 1.92 bits per heavy atom. The van der Waals surface area contributed by atoms with E-state index < -0.39 is 0 Å². The van der Waals surface area contributed by atoms with Gasteiger partial charge in [0, 0.05) is 30.8 Å². The summed E-state index contributed by atoms with van der Waals surface area (Å²) in [4.78, 5) is 16.6. The van der Waals surface area contributed by atoms with Gasteiger partial charge in [-0.2, -0.15) is 0 Å². The Morgan fingerprint density at radius 3 is 2.71 bits per heavy atom. The van der Waals surface area contributed by atoms with Crippen LogP contribution in [0.15, 0.2) is 54.9 Å². The van der Waals surface area contributed by atoms with Crippen molar-refractivity contribution in [2.45, 2.75) is 44.1 Å². The molecule has 1 N–H and O–H groups in total. The van der Waals surface area contributed by atoms with Crippen LogP contribution < -0.4 is 5.32 Å². The molecule has 1 aromatic carbocycles. The summed E-state index contributed by atoms with van der Waals surface area (Å²) >= 11 is 0. The summed E-state index contributed by atoms with van der Waals surface area (Å²) in [7, 11) is 0. The van der Waals surface area contributed by atoms with Gasteiger partial charge in [0.2, 0.25) is 5.91 Å². The predicted molar refractivity (Wildman–Crippen MR) is 94.5 cm³/mol. The molecule has 1 amide bonds. The van der Waals surface area contributed by atoms with Gasteiger partial charge < -0.3 is 5.32 Å². The van der Waals surface area contributed by atoms with Gasteiger partial charge in [0.05, 0.1) is 0 Å². The maximum absolute atomic E-state index is 12.5. The maximum atomic E-state index is 12.5. The zero-order valence-electron chi connectivity index (χ0n) is 13.9. The second-order valence-corrected chi connectivity index (χ2v) is 7.15. The minimum Gasteiger partial charge on any atom is -0.352 e. The van der Waals surface area contributed by atoms with Crippen LogP contribution in [-0.2, 0) is 11.2 Å². The van der Waals surface area contributed by atoms with Gasteiger partial charge in [-0.25, -0.2) is 0 Å². The van der Waals surface area contributed by atoms with Gasteiger partial charge in [-0.3, -0.25) is 9.78 Å². The van der Waals surface area contributed by atoms with Crippen LogP contribution in [0.25, 0.3) is 0 Å². The molecule has 2 aliphatic carbocycles. The monoisotopic (exact) mass is 320 g/mol. The Morgan fingerprint density at radius 1 is 1.08 bits per heavy atom. The molecule has 3 nitrogen and oxygen atoms in total. The smallest absolute Gasteiger partial charge is 0.220 e. The van der Waals surface area contributed by atoms with Gasteiger partial charge >= 0.3 is 0 Å². The number of pyridine rings is 1. The molecular formula is C21H24N2O. The minimum atomic E-state index is 0.176. The summed E-state index contributed by atoms with van der Waals surface area (Å²) in [6, 6.07) is 15.0. The first-order valence-corrected chi connectivity index (χ1v) is 9.06. The van der Waals surface area contributed by atoms with E-state index in [-0.39, 0.29) is 5.91 Å². The van der Waals surface area contributed by atoms with Crippen LogP contribution in [0.5, 0.6) is 0 Å². The first kappa shape index (κ1) is 15.4. The number of aromatic nitrogens is 1. The summed E-state index contributed by atoms with van der Waals surface area (Å²) in [5, 5.41) is 3.35. The van der Waals surface area contributed by atoms with Crippen molar-refractivity contribution in [1.82, 2.24) is 10.3 Å². The fraction of sp³-hybridized carbons (Fsp3) is 0.429. The average molecular weight is 320 g/mol. The number of fused-ring (bicyclic) bond motifs is 1. The van der Waals surface area contributed by atoms with E-state index in [0.717, 1.165) is 17.9 Å². The molecule has 0 saturated heterocycles. The van der Waals surface area contributed by atoms with Gasteiger partial charge in [0.1, 0.15) is 0 Å². The standard InChI is InChI=1S/C21H24N2O/c24-19(12-11-15-6-5-13-22-14-15)23-21-18-10-4-9-17(18)20(21)16-7-2-1-3-8-16/h1-3,5-8,13-14,17-18,20-21H,4,9-12H2,(H,23,24)/t17-,18+,20+,21+/m0/s1. The fourth-order valence-corrected chi connectivity index (χ4v) is 4.68. The molecule has 1 aromatic heterocycles. The molecule has 2 aromatic rings. The van der Waals surface area contributed by atoms with Crippen LogP contribution in [-0.4, -0.2) is 16.9 Å². The van der Waals surface area contributed by atoms with Gasteiger partial charge in [-0.1, -0.05) is 42.8 Å². The van der Waals surface area contributed by atoms with Crippen LogP contribution in [0.1, 0.15) is 42.7 Å². The lowest BCUT2D eigenvalue weighted by molar-refractivity contribution is -0.123. The molecule has 2 fully saturated rings. The second-order valence-electron chi connectivity index (χ2n) is 7.15. The van der Waals surface area contributed by atoms with Gasteiger partial charge in [0.15, 0.2) is 0 Å². The highest BCUT2D eigenvalue weighted by molar-refractivity contribution is 5.77. The van der Waals surface area contributed by atoms with Gasteiger partial charge in [0.25, 0.3) is 0 Å². The molecular weight excluding hydrogens is 296 g/mol. The molecule has 4 atom stereocenters. The van der Waals surface area contributed by atoms with Crippen molar-refractivity contribution in [3.63, 3.8) is 0 Å². The molecule has 24 heavy (non-hydrogen) atoms. The topological polar surface area (TPSA) is 42.0 Å². The van der Waals surface area contributed by atoms with E-state index in [0.29, 0.717) is 24.3 Å². The van der Waals surface area contributed by atoms with Gasteiger partial charge in [-0.05, 0) is 48.3 Å². The highest BCUT2D eigenvalue weighted by Gasteiger charge is 2.53. The molecule has 4 rings (SSSR count). The third kappa shape index (κ3) is 2.95. The molecule has 0 spiro atoms. The summed E-state index contributed by atoms with van der Waals surface area (Å²) in [6.45, 7) is 0. The fourth-order valence-electron chi connectivity index (χ4n) is 4.68. The Balaban J connectivity index is 1.40. The minimum absolute atomic E-state index is 0.176.